The number of anilines is 1. The van der Waals surface area contributed by atoms with Crippen molar-refractivity contribution in [3.8, 4) is 0 Å². The first-order valence-electron chi connectivity index (χ1n) is 6.55. The molecule has 0 atom stereocenters. The van der Waals surface area contributed by atoms with E-state index in [9.17, 15) is 0 Å². The van der Waals surface area contributed by atoms with Gasteiger partial charge in [0.1, 0.15) is 5.52 Å². The molecule has 0 radical (unpaired) electrons. The van der Waals surface area contributed by atoms with Crippen LogP contribution in [0.1, 0.15) is 11.1 Å². The molecule has 0 amide bonds. The Morgan fingerprint density at radius 3 is 2.90 bits per heavy atom. The largest absolute Gasteiger partial charge is 0.354 e. The summed E-state index contributed by atoms with van der Waals surface area (Å²) in [6.07, 6.45) is 5.40. The molecule has 0 fully saturated rings. The van der Waals surface area contributed by atoms with E-state index in [1.54, 1.807) is 12.4 Å². The van der Waals surface area contributed by atoms with Crippen molar-refractivity contribution >= 4 is 11.3 Å². The van der Waals surface area contributed by atoms with E-state index >= 15 is 0 Å². The zero-order valence-electron chi connectivity index (χ0n) is 11.4. The number of hydrogen-bond acceptors (Lipinski definition) is 4. The highest BCUT2D eigenvalue weighted by Crippen LogP contribution is 2.19. The second-order valence-electron chi connectivity index (χ2n) is 4.79. The van der Waals surface area contributed by atoms with Crippen LogP contribution in [0.2, 0.25) is 0 Å². The van der Waals surface area contributed by atoms with Gasteiger partial charge < -0.3 is 10.6 Å². The van der Waals surface area contributed by atoms with Gasteiger partial charge in [0.2, 0.25) is 0 Å². The third-order valence-electron chi connectivity index (χ3n) is 3.31. The molecule has 0 saturated carbocycles. The van der Waals surface area contributed by atoms with Crippen LogP contribution in [0.4, 0.5) is 5.82 Å². The summed E-state index contributed by atoms with van der Waals surface area (Å²) in [5.74, 6) is 0.920. The Bertz CT molecular complexity index is 719. The summed E-state index contributed by atoms with van der Waals surface area (Å²) in [6.45, 7) is 1.35. The van der Waals surface area contributed by atoms with E-state index in [4.69, 9.17) is 5.73 Å². The maximum atomic E-state index is 5.68. The molecular formula is C15H17N5. The van der Waals surface area contributed by atoms with Crippen LogP contribution in [-0.2, 0) is 13.1 Å². The first kappa shape index (κ1) is 12.6. The molecular weight excluding hydrogens is 250 g/mol. The standard InChI is InChI=1S/C15H17N5/c1-19(11-13-4-2-3-12(9-13)10-16)15-14-5-6-18-20(14)8-7-17-15/h2-9H,10-11,16H2,1H3. The molecule has 2 aromatic heterocycles. The summed E-state index contributed by atoms with van der Waals surface area (Å²) in [7, 11) is 2.03. The van der Waals surface area contributed by atoms with Crippen molar-refractivity contribution in [2.24, 2.45) is 5.73 Å². The number of hydrogen-bond donors (Lipinski definition) is 1. The zero-order valence-corrected chi connectivity index (χ0v) is 11.4. The Hall–Kier alpha value is -2.40. The van der Waals surface area contributed by atoms with Gasteiger partial charge >= 0.3 is 0 Å². The van der Waals surface area contributed by atoms with Crippen LogP contribution in [0.15, 0.2) is 48.9 Å². The average Bonchev–Trinajstić information content (AvgIpc) is 2.95. The van der Waals surface area contributed by atoms with Crippen LogP contribution in [-0.4, -0.2) is 21.6 Å². The summed E-state index contributed by atoms with van der Waals surface area (Å²) in [4.78, 5) is 6.58. The van der Waals surface area contributed by atoms with Gasteiger partial charge in [0.15, 0.2) is 5.82 Å². The highest BCUT2D eigenvalue weighted by molar-refractivity contribution is 5.67. The first-order valence-corrected chi connectivity index (χ1v) is 6.55. The van der Waals surface area contributed by atoms with E-state index in [-0.39, 0.29) is 0 Å². The van der Waals surface area contributed by atoms with Gasteiger partial charge in [-0.15, -0.1) is 0 Å². The van der Waals surface area contributed by atoms with Gasteiger partial charge in [-0.3, -0.25) is 0 Å². The lowest BCUT2D eigenvalue weighted by Crippen LogP contribution is -2.18. The molecule has 1 aromatic carbocycles. The Labute approximate surface area is 117 Å². The van der Waals surface area contributed by atoms with Crippen molar-refractivity contribution in [1.29, 1.82) is 0 Å². The Balaban J connectivity index is 1.88. The minimum Gasteiger partial charge on any atom is -0.354 e. The van der Waals surface area contributed by atoms with Crippen molar-refractivity contribution in [3.05, 3.63) is 60.0 Å². The fourth-order valence-corrected chi connectivity index (χ4v) is 2.34. The van der Waals surface area contributed by atoms with Gasteiger partial charge in [0.25, 0.3) is 0 Å². The Morgan fingerprint density at radius 1 is 1.20 bits per heavy atom. The first-order chi connectivity index (χ1) is 9.78. The van der Waals surface area contributed by atoms with E-state index in [1.165, 1.54) is 5.56 Å². The van der Waals surface area contributed by atoms with Crippen molar-refractivity contribution in [2.45, 2.75) is 13.1 Å². The molecule has 3 aromatic rings. The van der Waals surface area contributed by atoms with Crippen molar-refractivity contribution in [2.75, 3.05) is 11.9 Å². The maximum absolute atomic E-state index is 5.68. The third-order valence-corrected chi connectivity index (χ3v) is 3.31. The highest BCUT2D eigenvalue weighted by Gasteiger charge is 2.09. The van der Waals surface area contributed by atoms with Gasteiger partial charge in [-0.2, -0.15) is 5.10 Å². The van der Waals surface area contributed by atoms with Crippen LogP contribution in [0.5, 0.6) is 0 Å². The molecule has 5 heteroatoms. The summed E-state index contributed by atoms with van der Waals surface area (Å²) >= 11 is 0. The van der Waals surface area contributed by atoms with E-state index in [2.05, 4.69) is 27.1 Å². The molecule has 0 bridgehead atoms. The SMILES string of the molecule is CN(Cc1cccc(CN)c1)c1nccn2nccc12. The topological polar surface area (TPSA) is 59.5 Å². The van der Waals surface area contributed by atoms with Gasteiger partial charge in [0.05, 0.1) is 6.20 Å². The summed E-state index contributed by atoms with van der Waals surface area (Å²) in [5, 5.41) is 4.23. The second-order valence-corrected chi connectivity index (χ2v) is 4.79. The molecule has 3 rings (SSSR count). The minimum atomic E-state index is 0.564. The lowest BCUT2D eigenvalue weighted by atomic mass is 10.1. The Kier molecular flexibility index (Phi) is 3.35. The quantitative estimate of drug-likeness (QED) is 0.783. The number of benzene rings is 1. The lowest BCUT2D eigenvalue weighted by molar-refractivity contribution is 0.874. The number of nitrogens with zero attached hydrogens (tertiary/aromatic N) is 4. The maximum Gasteiger partial charge on any atom is 0.154 e. The molecule has 2 N–H and O–H groups in total. The molecule has 0 aliphatic heterocycles. The smallest absolute Gasteiger partial charge is 0.154 e. The van der Waals surface area contributed by atoms with Gasteiger partial charge in [-0.1, -0.05) is 24.3 Å². The minimum absolute atomic E-state index is 0.564. The van der Waals surface area contributed by atoms with Gasteiger partial charge in [0, 0.05) is 32.5 Å². The predicted octanol–water partition coefficient (Wildman–Crippen LogP) is 1.82. The van der Waals surface area contributed by atoms with E-state index in [1.807, 2.05) is 36.0 Å². The van der Waals surface area contributed by atoms with E-state index in [0.717, 1.165) is 23.4 Å². The third kappa shape index (κ3) is 2.35. The average molecular weight is 267 g/mol. The van der Waals surface area contributed by atoms with E-state index in [0.29, 0.717) is 6.54 Å². The number of nitrogens with two attached hydrogens (primary N) is 1. The van der Waals surface area contributed by atoms with Crippen LogP contribution >= 0.6 is 0 Å². The molecule has 102 valence electrons. The van der Waals surface area contributed by atoms with Crippen molar-refractivity contribution < 1.29 is 0 Å². The van der Waals surface area contributed by atoms with Gasteiger partial charge in [-0.25, -0.2) is 9.50 Å². The summed E-state index contributed by atoms with van der Waals surface area (Å²) < 4.78 is 1.83. The predicted molar refractivity (Wildman–Crippen MR) is 79.4 cm³/mol. The Morgan fingerprint density at radius 2 is 2.05 bits per heavy atom. The van der Waals surface area contributed by atoms with Crippen LogP contribution in [0.3, 0.4) is 0 Å². The number of rotatable bonds is 4. The van der Waals surface area contributed by atoms with Crippen LogP contribution in [0.25, 0.3) is 5.52 Å². The molecule has 0 aliphatic rings. The van der Waals surface area contributed by atoms with Crippen molar-refractivity contribution in [3.63, 3.8) is 0 Å². The number of fused-ring (bicyclic) bond motifs is 1. The molecule has 5 nitrogen and oxygen atoms in total. The second kappa shape index (κ2) is 5.30. The molecule has 0 saturated heterocycles. The van der Waals surface area contributed by atoms with Crippen LogP contribution < -0.4 is 10.6 Å². The molecule has 0 aliphatic carbocycles. The fraction of sp³-hybridized carbons (Fsp3) is 0.200. The van der Waals surface area contributed by atoms with Crippen molar-refractivity contribution in [1.82, 2.24) is 14.6 Å². The van der Waals surface area contributed by atoms with Crippen LogP contribution in [0, 0.1) is 0 Å². The highest BCUT2D eigenvalue weighted by atomic mass is 15.3. The summed E-state index contributed by atoms with van der Waals surface area (Å²) in [6, 6.07) is 10.3. The molecule has 2 heterocycles. The molecule has 20 heavy (non-hydrogen) atoms. The zero-order chi connectivity index (χ0) is 13.9. The van der Waals surface area contributed by atoms with E-state index < -0.39 is 0 Å². The lowest BCUT2D eigenvalue weighted by Gasteiger charge is -2.19. The molecule has 0 unspecified atom stereocenters. The normalized spacial score (nSPS) is 10.9. The summed E-state index contributed by atoms with van der Waals surface area (Å²) in [5.41, 5.74) is 9.05. The monoisotopic (exact) mass is 267 g/mol. The molecule has 0 spiro atoms. The number of aromatic nitrogens is 3. The fourth-order valence-electron chi connectivity index (χ4n) is 2.34. The van der Waals surface area contributed by atoms with Gasteiger partial charge in [-0.05, 0) is 17.2 Å².